The van der Waals surface area contributed by atoms with Crippen LogP contribution in [0.5, 0.6) is 0 Å². The minimum absolute atomic E-state index is 0.0663. The van der Waals surface area contributed by atoms with Gasteiger partial charge in [0.1, 0.15) is 0 Å². The molecule has 1 aliphatic carbocycles. The molecule has 156 valence electrons. The second kappa shape index (κ2) is 9.19. The molecular weight excluding hydrogens is 408 g/mol. The molecule has 0 saturated carbocycles. The lowest BCUT2D eigenvalue weighted by Gasteiger charge is -2.33. The van der Waals surface area contributed by atoms with Crippen LogP contribution in [0.4, 0.5) is 5.69 Å². The molecule has 6 nitrogen and oxygen atoms in total. The van der Waals surface area contributed by atoms with E-state index in [4.69, 9.17) is 0 Å². The van der Waals surface area contributed by atoms with Gasteiger partial charge >= 0.3 is 0 Å². The third kappa shape index (κ3) is 4.54. The summed E-state index contributed by atoms with van der Waals surface area (Å²) in [6.07, 6.45) is 5.38. The van der Waals surface area contributed by atoms with E-state index < -0.39 is 5.92 Å². The van der Waals surface area contributed by atoms with Crippen molar-refractivity contribution < 1.29 is 9.59 Å². The topological polar surface area (TPSA) is 94.9 Å². The lowest BCUT2D eigenvalue weighted by Crippen LogP contribution is -2.31. The van der Waals surface area contributed by atoms with Crippen molar-refractivity contribution in [2.24, 2.45) is 0 Å². The van der Waals surface area contributed by atoms with Crippen molar-refractivity contribution in [2.75, 3.05) is 11.1 Å². The minimum Gasteiger partial charge on any atom is -0.352 e. The summed E-state index contributed by atoms with van der Waals surface area (Å²) in [7, 11) is 0. The molecule has 1 aromatic heterocycles. The van der Waals surface area contributed by atoms with Crippen molar-refractivity contribution in [1.82, 2.24) is 10.3 Å². The quantitative estimate of drug-likeness (QED) is 0.739. The van der Waals surface area contributed by atoms with Crippen LogP contribution < -0.4 is 10.6 Å². The van der Waals surface area contributed by atoms with Crippen LogP contribution in [-0.4, -0.2) is 22.4 Å². The van der Waals surface area contributed by atoms with E-state index in [1.54, 1.807) is 12.4 Å². The number of anilines is 1. The van der Waals surface area contributed by atoms with Crippen molar-refractivity contribution in [1.29, 1.82) is 5.26 Å². The Labute approximate surface area is 185 Å². The molecule has 2 N–H and O–H groups in total. The fourth-order valence-corrected chi connectivity index (χ4v) is 4.84. The summed E-state index contributed by atoms with van der Waals surface area (Å²) in [5.74, 6) is -0.390. The molecule has 0 spiro atoms. The van der Waals surface area contributed by atoms with E-state index in [1.807, 2.05) is 43.3 Å². The van der Waals surface area contributed by atoms with E-state index in [0.717, 1.165) is 35.4 Å². The second-order valence-corrected chi connectivity index (χ2v) is 8.56. The third-order valence-electron chi connectivity index (χ3n) is 5.33. The van der Waals surface area contributed by atoms with Crippen molar-refractivity contribution in [2.45, 2.75) is 32.1 Å². The normalized spacial score (nSPS) is 18.2. The molecule has 1 aliphatic heterocycles. The molecule has 0 saturated heterocycles. The van der Waals surface area contributed by atoms with Crippen molar-refractivity contribution in [3.05, 3.63) is 81.8 Å². The maximum atomic E-state index is 12.8. The van der Waals surface area contributed by atoms with Gasteiger partial charge in [-0.1, -0.05) is 30.0 Å². The Morgan fingerprint density at radius 3 is 2.94 bits per heavy atom. The first-order chi connectivity index (χ1) is 15.1. The highest BCUT2D eigenvalue weighted by molar-refractivity contribution is 8.03. The number of nitriles is 1. The molecule has 0 unspecified atom stereocenters. The number of nitrogens with zero attached hydrogens (tertiary/aromatic N) is 2. The number of benzene rings is 1. The average molecular weight is 431 g/mol. The minimum atomic E-state index is -0.454. The molecule has 0 fully saturated rings. The number of carbonyl (C=O) groups is 2. The highest BCUT2D eigenvalue weighted by Crippen LogP contribution is 2.43. The molecule has 2 aliphatic rings. The number of pyridine rings is 1. The molecule has 2 heterocycles. The van der Waals surface area contributed by atoms with Gasteiger partial charge < -0.3 is 10.6 Å². The van der Waals surface area contributed by atoms with Gasteiger partial charge in [-0.15, -0.1) is 0 Å². The van der Waals surface area contributed by atoms with Crippen molar-refractivity contribution in [3.8, 4) is 6.07 Å². The number of aryl methyl sites for hydroxylation is 1. The van der Waals surface area contributed by atoms with E-state index >= 15 is 0 Å². The SMILES string of the molecule is Cc1cccc(NC(=O)CSC2=C(C#N)[C@H](c3cccnc3)C3=C(CCCC3=O)N2)c1. The van der Waals surface area contributed by atoms with Crippen LogP contribution in [0.25, 0.3) is 0 Å². The van der Waals surface area contributed by atoms with Crippen LogP contribution >= 0.6 is 11.8 Å². The smallest absolute Gasteiger partial charge is 0.234 e. The van der Waals surface area contributed by atoms with Crippen molar-refractivity contribution >= 4 is 29.1 Å². The molecule has 0 radical (unpaired) electrons. The first kappa shape index (κ1) is 20.9. The lowest BCUT2D eigenvalue weighted by atomic mass is 9.77. The molecule has 7 heteroatoms. The molecule has 1 aromatic carbocycles. The third-order valence-corrected chi connectivity index (χ3v) is 6.35. The van der Waals surface area contributed by atoms with Gasteiger partial charge in [0.15, 0.2) is 5.78 Å². The van der Waals surface area contributed by atoms with Crippen LogP contribution in [0, 0.1) is 18.3 Å². The Morgan fingerprint density at radius 1 is 1.32 bits per heavy atom. The van der Waals surface area contributed by atoms with Gasteiger partial charge in [0.25, 0.3) is 0 Å². The summed E-state index contributed by atoms with van der Waals surface area (Å²) >= 11 is 1.29. The molecule has 4 rings (SSSR count). The van der Waals surface area contributed by atoms with E-state index in [1.165, 1.54) is 11.8 Å². The first-order valence-electron chi connectivity index (χ1n) is 10.1. The Balaban J connectivity index is 1.59. The van der Waals surface area contributed by atoms with Crippen LogP contribution in [0.1, 0.15) is 36.3 Å². The number of aromatic nitrogens is 1. The number of dihydropyridines is 1. The van der Waals surface area contributed by atoms with Crippen LogP contribution in [0.2, 0.25) is 0 Å². The summed E-state index contributed by atoms with van der Waals surface area (Å²) in [4.78, 5) is 29.4. The first-order valence-corrected chi connectivity index (χ1v) is 11.1. The summed E-state index contributed by atoms with van der Waals surface area (Å²) in [6, 6.07) is 13.6. The number of carbonyl (C=O) groups excluding carboxylic acids is 2. The Kier molecular flexibility index (Phi) is 6.19. The lowest BCUT2D eigenvalue weighted by molar-refractivity contribution is -0.116. The summed E-state index contributed by atoms with van der Waals surface area (Å²) < 4.78 is 0. The number of amides is 1. The van der Waals surface area contributed by atoms with E-state index in [0.29, 0.717) is 22.6 Å². The number of Topliss-reactive ketones (excluding diaryl/α,β-unsaturated/α-hetero) is 1. The van der Waals surface area contributed by atoms with Gasteiger partial charge in [-0.05, 0) is 49.1 Å². The number of allylic oxidation sites excluding steroid dienone is 3. The fraction of sp³-hybridized carbons (Fsp3) is 0.250. The monoisotopic (exact) mass is 430 g/mol. The second-order valence-electron chi connectivity index (χ2n) is 7.57. The molecule has 1 atom stereocenters. The van der Waals surface area contributed by atoms with E-state index in [9.17, 15) is 14.9 Å². The van der Waals surface area contributed by atoms with Crippen molar-refractivity contribution in [3.63, 3.8) is 0 Å². The van der Waals surface area contributed by atoms with Crippen LogP contribution in [0.3, 0.4) is 0 Å². The average Bonchev–Trinajstić information content (AvgIpc) is 2.77. The summed E-state index contributed by atoms with van der Waals surface area (Å²) in [5, 5.41) is 16.8. The molecule has 31 heavy (non-hydrogen) atoms. The number of hydrogen-bond acceptors (Lipinski definition) is 6. The molecular formula is C24H22N4O2S. The molecule has 1 amide bonds. The highest BCUT2D eigenvalue weighted by Gasteiger charge is 2.37. The number of nitrogens with one attached hydrogen (secondary N) is 2. The largest absolute Gasteiger partial charge is 0.352 e. The fourth-order valence-electron chi connectivity index (χ4n) is 3.98. The Hall–Kier alpha value is -3.37. The van der Waals surface area contributed by atoms with Gasteiger partial charge in [-0.2, -0.15) is 5.26 Å². The van der Waals surface area contributed by atoms with Gasteiger partial charge in [0.2, 0.25) is 5.91 Å². The predicted molar refractivity (Wildman–Crippen MR) is 121 cm³/mol. The zero-order valence-electron chi connectivity index (χ0n) is 17.1. The number of ketones is 1. The zero-order valence-corrected chi connectivity index (χ0v) is 18.0. The molecule has 0 bridgehead atoms. The number of thioether (sulfide) groups is 1. The number of hydrogen-bond donors (Lipinski definition) is 2. The van der Waals surface area contributed by atoms with E-state index in [-0.39, 0.29) is 17.4 Å². The van der Waals surface area contributed by atoms with E-state index in [2.05, 4.69) is 21.7 Å². The predicted octanol–water partition coefficient (Wildman–Crippen LogP) is 4.19. The summed E-state index contributed by atoms with van der Waals surface area (Å²) in [5.41, 5.74) is 4.58. The van der Waals surface area contributed by atoms with Gasteiger partial charge in [-0.25, -0.2) is 0 Å². The van der Waals surface area contributed by atoms with Gasteiger partial charge in [-0.3, -0.25) is 14.6 Å². The highest BCUT2D eigenvalue weighted by atomic mass is 32.2. The van der Waals surface area contributed by atoms with Crippen LogP contribution in [-0.2, 0) is 9.59 Å². The Morgan fingerprint density at radius 2 is 2.19 bits per heavy atom. The van der Waals surface area contributed by atoms with Gasteiger partial charge in [0, 0.05) is 35.8 Å². The molecule has 2 aromatic rings. The summed E-state index contributed by atoms with van der Waals surface area (Å²) in [6.45, 7) is 1.97. The number of rotatable bonds is 5. The standard InChI is InChI=1S/C24H22N4O2S/c1-15-5-2-7-17(11-15)27-21(30)14-31-24-18(12-25)22(16-6-4-10-26-13-16)23-19(28-24)8-3-9-20(23)29/h2,4-7,10-11,13,22,28H,3,8-9,14H2,1H3,(H,27,30)/t22-/m0/s1. The zero-order chi connectivity index (χ0) is 21.8. The Bertz CT molecular complexity index is 1130. The van der Waals surface area contributed by atoms with Gasteiger partial charge in [0.05, 0.1) is 28.3 Å². The van der Waals surface area contributed by atoms with Crippen LogP contribution in [0.15, 0.2) is 70.7 Å². The maximum Gasteiger partial charge on any atom is 0.234 e. The maximum absolute atomic E-state index is 12.8.